The monoisotopic (exact) mass is 148 g/mol. The van der Waals surface area contributed by atoms with E-state index in [2.05, 4.69) is 6.58 Å². The van der Waals surface area contributed by atoms with Crippen molar-refractivity contribution in [3.63, 3.8) is 0 Å². The van der Waals surface area contributed by atoms with Gasteiger partial charge in [0.25, 0.3) is 0 Å². The van der Waals surface area contributed by atoms with Crippen LogP contribution >= 0.6 is 8.03 Å². The van der Waals surface area contributed by atoms with Crippen LogP contribution in [0.1, 0.15) is 13.3 Å². The summed E-state index contributed by atoms with van der Waals surface area (Å²) in [5.74, 6) is 0. The molecule has 0 fully saturated rings. The van der Waals surface area contributed by atoms with Crippen molar-refractivity contribution in [2.24, 2.45) is 0 Å². The Morgan fingerprint density at radius 3 is 2.89 bits per heavy atom. The first-order valence-corrected chi connectivity index (χ1v) is 4.60. The summed E-state index contributed by atoms with van der Waals surface area (Å²) in [5.41, 5.74) is 0. The Balaban J connectivity index is 3.16. The molecule has 0 rings (SSSR count). The second-order valence-electron chi connectivity index (χ2n) is 1.63. The van der Waals surface area contributed by atoms with E-state index in [-0.39, 0.29) is 0 Å². The second kappa shape index (κ2) is 6.06. The van der Waals surface area contributed by atoms with Gasteiger partial charge in [-0.3, -0.25) is 4.57 Å². The molecule has 3 heteroatoms. The molecule has 0 aromatic rings. The number of allylic oxidation sites excluding steroid dienone is 1. The predicted octanol–water partition coefficient (Wildman–Crippen LogP) is 2.07. The predicted molar refractivity (Wildman–Crippen MR) is 40.3 cm³/mol. The standard InChI is InChI=1S/C6H13O2P/c1-3-5-6-9(7)8-4-2/h3,9H,1,4-6H2,2H3. The lowest BCUT2D eigenvalue weighted by Crippen LogP contribution is -1.80. The normalized spacial score (nSPS) is 13.0. The van der Waals surface area contributed by atoms with E-state index in [1.54, 1.807) is 6.08 Å². The van der Waals surface area contributed by atoms with Crippen LogP contribution in [-0.2, 0) is 9.09 Å². The SMILES string of the molecule is C=CCC[PH](=O)OCC. The summed E-state index contributed by atoms with van der Waals surface area (Å²) in [6.07, 6.45) is 3.18. The highest BCUT2D eigenvalue weighted by atomic mass is 31.1. The van der Waals surface area contributed by atoms with Crippen LogP contribution in [0.3, 0.4) is 0 Å². The Hall–Kier alpha value is -0.0700. The van der Waals surface area contributed by atoms with Gasteiger partial charge in [0.2, 0.25) is 0 Å². The molecule has 9 heavy (non-hydrogen) atoms. The Morgan fingerprint density at radius 1 is 1.78 bits per heavy atom. The van der Waals surface area contributed by atoms with E-state index in [1.165, 1.54) is 0 Å². The van der Waals surface area contributed by atoms with Gasteiger partial charge in [0.05, 0.1) is 6.61 Å². The number of hydrogen-bond donors (Lipinski definition) is 0. The van der Waals surface area contributed by atoms with Crippen molar-refractivity contribution in [2.45, 2.75) is 13.3 Å². The van der Waals surface area contributed by atoms with Crippen LogP contribution in [0, 0.1) is 0 Å². The Labute approximate surface area is 56.8 Å². The third-order valence-corrected chi connectivity index (χ3v) is 2.17. The van der Waals surface area contributed by atoms with Crippen molar-refractivity contribution in [2.75, 3.05) is 12.8 Å². The van der Waals surface area contributed by atoms with Gasteiger partial charge in [-0.2, -0.15) is 0 Å². The minimum absolute atomic E-state index is 0.551. The largest absolute Gasteiger partial charge is 0.331 e. The van der Waals surface area contributed by atoms with Gasteiger partial charge in [-0.1, -0.05) is 6.08 Å². The highest BCUT2D eigenvalue weighted by Crippen LogP contribution is 2.22. The van der Waals surface area contributed by atoms with Crippen LogP contribution in [0.2, 0.25) is 0 Å². The molecular weight excluding hydrogens is 135 g/mol. The summed E-state index contributed by atoms with van der Waals surface area (Å²) in [4.78, 5) is 0. The zero-order valence-corrected chi connectivity index (χ0v) is 6.72. The minimum Gasteiger partial charge on any atom is -0.331 e. The highest BCUT2D eigenvalue weighted by Gasteiger charge is 1.93. The lowest BCUT2D eigenvalue weighted by atomic mass is 10.5. The first kappa shape index (κ1) is 8.93. The lowest BCUT2D eigenvalue weighted by Gasteiger charge is -1.96. The molecule has 0 aliphatic carbocycles. The molecule has 0 spiro atoms. The summed E-state index contributed by atoms with van der Waals surface area (Å²) < 4.78 is 15.6. The van der Waals surface area contributed by atoms with Crippen LogP contribution in [0.15, 0.2) is 12.7 Å². The van der Waals surface area contributed by atoms with E-state index in [9.17, 15) is 4.57 Å². The van der Waals surface area contributed by atoms with Crippen molar-refractivity contribution in [1.82, 2.24) is 0 Å². The second-order valence-corrected chi connectivity index (χ2v) is 3.17. The van der Waals surface area contributed by atoms with Crippen molar-refractivity contribution < 1.29 is 9.09 Å². The quantitative estimate of drug-likeness (QED) is 0.440. The summed E-state index contributed by atoms with van der Waals surface area (Å²) in [6, 6.07) is 0. The van der Waals surface area contributed by atoms with Gasteiger partial charge in [-0.25, -0.2) is 0 Å². The summed E-state index contributed by atoms with van der Waals surface area (Å²) >= 11 is 0. The summed E-state index contributed by atoms with van der Waals surface area (Å²) in [7, 11) is -1.72. The van der Waals surface area contributed by atoms with E-state index in [4.69, 9.17) is 4.52 Å². The Morgan fingerprint density at radius 2 is 2.44 bits per heavy atom. The third-order valence-electron chi connectivity index (χ3n) is 0.858. The molecule has 0 bridgehead atoms. The maximum Gasteiger partial charge on any atom is 0.191 e. The Kier molecular flexibility index (Phi) is 6.01. The van der Waals surface area contributed by atoms with Gasteiger partial charge in [0.1, 0.15) is 0 Å². The molecular formula is C6H13O2P. The molecule has 1 atom stereocenters. The van der Waals surface area contributed by atoms with Crippen LogP contribution in [0.25, 0.3) is 0 Å². The van der Waals surface area contributed by atoms with E-state index >= 15 is 0 Å². The lowest BCUT2D eigenvalue weighted by molar-refractivity contribution is 0.350. The van der Waals surface area contributed by atoms with Crippen molar-refractivity contribution in [1.29, 1.82) is 0 Å². The van der Waals surface area contributed by atoms with Gasteiger partial charge in [0, 0.05) is 6.16 Å². The van der Waals surface area contributed by atoms with E-state index in [0.29, 0.717) is 12.8 Å². The molecule has 2 nitrogen and oxygen atoms in total. The molecule has 0 aromatic heterocycles. The first-order chi connectivity index (χ1) is 4.31. The van der Waals surface area contributed by atoms with Gasteiger partial charge in [0.15, 0.2) is 8.03 Å². The van der Waals surface area contributed by atoms with E-state index in [0.717, 1.165) is 6.42 Å². The highest BCUT2D eigenvalue weighted by molar-refractivity contribution is 7.39. The number of rotatable bonds is 5. The average molecular weight is 148 g/mol. The molecule has 0 saturated heterocycles. The molecule has 0 radical (unpaired) electrons. The van der Waals surface area contributed by atoms with Gasteiger partial charge >= 0.3 is 0 Å². The fourth-order valence-corrected chi connectivity index (χ4v) is 1.36. The zero-order chi connectivity index (χ0) is 7.11. The van der Waals surface area contributed by atoms with Gasteiger partial charge in [-0.05, 0) is 13.3 Å². The summed E-state index contributed by atoms with van der Waals surface area (Å²) in [6.45, 7) is 5.91. The first-order valence-electron chi connectivity index (χ1n) is 3.07. The fourth-order valence-electron chi connectivity index (χ4n) is 0.453. The molecule has 0 aliphatic rings. The van der Waals surface area contributed by atoms with Crippen LogP contribution < -0.4 is 0 Å². The molecule has 0 aromatic carbocycles. The molecule has 54 valence electrons. The van der Waals surface area contributed by atoms with Crippen LogP contribution in [0.4, 0.5) is 0 Å². The molecule has 0 heterocycles. The Bertz CT molecular complexity index is 101. The minimum atomic E-state index is -1.72. The smallest absolute Gasteiger partial charge is 0.191 e. The molecule has 0 N–H and O–H groups in total. The molecule has 0 saturated carbocycles. The fraction of sp³-hybridized carbons (Fsp3) is 0.667. The molecule has 0 aliphatic heterocycles. The van der Waals surface area contributed by atoms with Crippen molar-refractivity contribution in [3.8, 4) is 0 Å². The third kappa shape index (κ3) is 5.81. The maximum absolute atomic E-state index is 10.7. The van der Waals surface area contributed by atoms with Crippen molar-refractivity contribution >= 4 is 8.03 Å². The van der Waals surface area contributed by atoms with Crippen LogP contribution in [-0.4, -0.2) is 12.8 Å². The molecule has 1 unspecified atom stereocenters. The zero-order valence-electron chi connectivity index (χ0n) is 5.72. The van der Waals surface area contributed by atoms with Gasteiger partial charge in [-0.15, -0.1) is 6.58 Å². The number of hydrogen-bond acceptors (Lipinski definition) is 2. The summed E-state index contributed by atoms with van der Waals surface area (Å²) in [5, 5.41) is 0. The topological polar surface area (TPSA) is 26.3 Å². The van der Waals surface area contributed by atoms with Crippen LogP contribution in [0.5, 0.6) is 0 Å². The average Bonchev–Trinajstić information content (AvgIpc) is 1.85. The molecule has 0 amide bonds. The maximum atomic E-state index is 10.7. The van der Waals surface area contributed by atoms with Crippen molar-refractivity contribution in [3.05, 3.63) is 12.7 Å². The van der Waals surface area contributed by atoms with E-state index in [1.807, 2.05) is 6.92 Å². The van der Waals surface area contributed by atoms with E-state index < -0.39 is 8.03 Å². The van der Waals surface area contributed by atoms with Gasteiger partial charge < -0.3 is 4.52 Å².